The van der Waals surface area contributed by atoms with Crippen LogP contribution in [0.2, 0.25) is 0 Å². The van der Waals surface area contributed by atoms with E-state index in [1.807, 2.05) is 24.4 Å². The number of hydrogen-bond donors (Lipinski definition) is 0. The number of fused-ring (bicyclic) bond motifs is 2. The fourth-order valence-electron chi connectivity index (χ4n) is 3.88. The number of benzene rings is 1. The van der Waals surface area contributed by atoms with Gasteiger partial charge in [-0.3, -0.25) is 0 Å². The third-order valence-corrected chi connectivity index (χ3v) is 6.30. The zero-order valence-electron chi connectivity index (χ0n) is 14.9. The van der Waals surface area contributed by atoms with E-state index in [0.717, 1.165) is 52.6 Å². The lowest BCUT2D eigenvalue weighted by Gasteiger charge is -2.29. The number of ether oxygens (including phenoxy) is 2. The van der Waals surface area contributed by atoms with Crippen molar-refractivity contribution in [2.24, 2.45) is 5.92 Å². The molecule has 2 unspecified atom stereocenters. The Morgan fingerprint density at radius 1 is 1.12 bits per heavy atom. The highest BCUT2D eigenvalue weighted by atomic mass is 32.1. The maximum atomic E-state index is 5.53. The van der Waals surface area contributed by atoms with Crippen molar-refractivity contribution in [3.8, 4) is 21.9 Å². The Hall–Kier alpha value is -1.79. The Bertz CT molecular complexity index is 733. The van der Waals surface area contributed by atoms with Gasteiger partial charge in [0.2, 0.25) is 0 Å². The van der Waals surface area contributed by atoms with Crippen LogP contribution in [0.25, 0.3) is 10.4 Å². The molecule has 1 aromatic heterocycles. The van der Waals surface area contributed by atoms with Gasteiger partial charge >= 0.3 is 0 Å². The van der Waals surface area contributed by atoms with Crippen molar-refractivity contribution in [1.82, 2.24) is 9.88 Å². The summed E-state index contributed by atoms with van der Waals surface area (Å²) in [5, 5.41) is 1.12. The lowest BCUT2D eigenvalue weighted by molar-refractivity contribution is 0.201. The van der Waals surface area contributed by atoms with Crippen molar-refractivity contribution in [2.75, 3.05) is 51.8 Å². The van der Waals surface area contributed by atoms with Crippen molar-refractivity contribution in [3.05, 3.63) is 24.4 Å². The zero-order valence-corrected chi connectivity index (χ0v) is 15.7. The van der Waals surface area contributed by atoms with Crippen LogP contribution < -0.4 is 14.4 Å². The molecule has 3 heterocycles. The first kappa shape index (κ1) is 16.7. The van der Waals surface area contributed by atoms with E-state index in [0.29, 0.717) is 0 Å². The number of nitrogens with zero attached hydrogens (tertiary/aromatic N) is 3. The Labute approximate surface area is 153 Å². The number of piperidine rings is 1. The van der Waals surface area contributed by atoms with Gasteiger partial charge in [0.15, 0.2) is 5.13 Å². The van der Waals surface area contributed by atoms with E-state index in [2.05, 4.69) is 9.80 Å². The molecule has 0 N–H and O–H groups in total. The highest BCUT2D eigenvalue weighted by molar-refractivity contribution is 7.19. The van der Waals surface area contributed by atoms with Crippen molar-refractivity contribution in [1.29, 1.82) is 0 Å². The molecule has 6 heteroatoms. The molecule has 0 saturated carbocycles. The number of rotatable bonds is 4. The monoisotopic (exact) mass is 359 g/mol. The van der Waals surface area contributed by atoms with E-state index in [1.54, 1.807) is 25.6 Å². The van der Waals surface area contributed by atoms with E-state index in [-0.39, 0.29) is 0 Å². The Morgan fingerprint density at radius 3 is 2.88 bits per heavy atom. The molecular formula is C19H25N3O2S. The molecule has 2 aromatic rings. The lowest BCUT2D eigenvalue weighted by atomic mass is 9.99. The molecule has 0 spiro atoms. The summed E-state index contributed by atoms with van der Waals surface area (Å²) in [6.07, 6.45) is 4.65. The molecule has 1 aromatic carbocycles. The van der Waals surface area contributed by atoms with Gasteiger partial charge in [-0.1, -0.05) is 11.3 Å². The lowest BCUT2D eigenvalue weighted by Crippen LogP contribution is -2.35. The van der Waals surface area contributed by atoms with Gasteiger partial charge in [0.05, 0.1) is 19.1 Å². The van der Waals surface area contributed by atoms with Crippen LogP contribution in [-0.4, -0.2) is 56.8 Å². The van der Waals surface area contributed by atoms with Gasteiger partial charge in [-0.05, 0) is 43.5 Å². The average molecular weight is 359 g/mol. The Balaban J connectivity index is 1.60. The van der Waals surface area contributed by atoms with Gasteiger partial charge in [0.1, 0.15) is 11.5 Å². The van der Waals surface area contributed by atoms with Crippen LogP contribution in [0, 0.1) is 5.92 Å². The van der Waals surface area contributed by atoms with Gasteiger partial charge in [0, 0.05) is 37.9 Å². The van der Waals surface area contributed by atoms with Crippen LogP contribution in [0.1, 0.15) is 12.8 Å². The molecule has 2 atom stereocenters. The highest BCUT2D eigenvalue weighted by Crippen LogP contribution is 2.39. The van der Waals surface area contributed by atoms with E-state index in [4.69, 9.17) is 14.5 Å². The van der Waals surface area contributed by atoms with Crippen LogP contribution >= 0.6 is 11.3 Å². The largest absolute Gasteiger partial charge is 0.497 e. The highest BCUT2D eigenvalue weighted by Gasteiger charge is 2.27. The van der Waals surface area contributed by atoms with Gasteiger partial charge < -0.3 is 19.3 Å². The smallest absolute Gasteiger partial charge is 0.185 e. The van der Waals surface area contributed by atoms with Crippen LogP contribution in [0.4, 0.5) is 5.13 Å². The predicted octanol–water partition coefficient (Wildman–Crippen LogP) is 3.36. The topological polar surface area (TPSA) is 37.8 Å². The molecule has 134 valence electrons. The molecule has 2 bridgehead atoms. The van der Waals surface area contributed by atoms with E-state index in [1.165, 1.54) is 25.9 Å². The van der Waals surface area contributed by atoms with Crippen LogP contribution in [0.15, 0.2) is 24.4 Å². The standard InChI is InChI=1S/C19H25N3O2S/c1-23-15-5-6-17(24-2)16(10-15)18-11-20-19(25-18)22-9-8-21-7-3-4-14(12-21)13-22/h5-6,10-11,14H,3-4,7-9,12-13H2,1-2H3. The third-order valence-electron chi connectivity index (χ3n) is 5.20. The second-order valence-electron chi connectivity index (χ2n) is 6.83. The van der Waals surface area contributed by atoms with E-state index in [9.17, 15) is 0 Å². The summed E-state index contributed by atoms with van der Waals surface area (Å²) in [4.78, 5) is 10.9. The fraction of sp³-hybridized carbons (Fsp3) is 0.526. The Morgan fingerprint density at radius 2 is 2.04 bits per heavy atom. The first-order chi connectivity index (χ1) is 12.3. The van der Waals surface area contributed by atoms with E-state index >= 15 is 0 Å². The number of aromatic nitrogens is 1. The average Bonchev–Trinajstić information content (AvgIpc) is 3.09. The minimum absolute atomic E-state index is 0.773. The van der Waals surface area contributed by atoms with Crippen molar-refractivity contribution in [2.45, 2.75) is 12.8 Å². The number of methoxy groups -OCH3 is 2. The summed E-state index contributed by atoms with van der Waals surface area (Å²) in [5.74, 6) is 2.46. The summed E-state index contributed by atoms with van der Waals surface area (Å²) in [5.41, 5.74) is 1.04. The fourth-order valence-corrected chi connectivity index (χ4v) is 4.86. The quantitative estimate of drug-likeness (QED) is 0.837. The molecule has 2 aliphatic rings. The molecular weight excluding hydrogens is 334 g/mol. The molecule has 2 saturated heterocycles. The molecule has 0 radical (unpaired) electrons. The predicted molar refractivity (Wildman–Crippen MR) is 102 cm³/mol. The molecule has 0 amide bonds. The van der Waals surface area contributed by atoms with Crippen molar-refractivity contribution in [3.63, 3.8) is 0 Å². The molecule has 4 rings (SSSR count). The summed E-state index contributed by atoms with van der Waals surface area (Å²) in [6, 6.07) is 5.90. The summed E-state index contributed by atoms with van der Waals surface area (Å²) >= 11 is 1.75. The first-order valence-corrected chi connectivity index (χ1v) is 9.74. The van der Waals surface area contributed by atoms with Gasteiger partial charge in [-0.25, -0.2) is 4.98 Å². The van der Waals surface area contributed by atoms with Crippen LogP contribution in [0.5, 0.6) is 11.5 Å². The maximum absolute atomic E-state index is 5.53. The van der Waals surface area contributed by atoms with Gasteiger partial charge in [0.25, 0.3) is 0 Å². The third kappa shape index (κ3) is 3.46. The van der Waals surface area contributed by atoms with Crippen molar-refractivity contribution < 1.29 is 9.47 Å². The minimum Gasteiger partial charge on any atom is -0.497 e. The summed E-state index contributed by atoms with van der Waals surface area (Å²) in [7, 11) is 3.39. The van der Waals surface area contributed by atoms with Crippen LogP contribution in [0.3, 0.4) is 0 Å². The Kier molecular flexibility index (Phi) is 4.81. The minimum atomic E-state index is 0.773. The summed E-state index contributed by atoms with van der Waals surface area (Å²) < 4.78 is 10.9. The van der Waals surface area contributed by atoms with Gasteiger partial charge in [-0.15, -0.1) is 0 Å². The second kappa shape index (κ2) is 7.22. The molecule has 2 fully saturated rings. The van der Waals surface area contributed by atoms with Crippen LogP contribution in [-0.2, 0) is 0 Å². The molecule has 0 aliphatic carbocycles. The number of anilines is 1. The SMILES string of the molecule is COc1ccc(OC)c(-c2cnc(N3CCN4CCCC(C4)C3)s2)c1. The zero-order chi connectivity index (χ0) is 17.2. The summed E-state index contributed by atoms with van der Waals surface area (Å²) in [6.45, 7) is 5.85. The van der Waals surface area contributed by atoms with E-state index < -0.39 is 0 Å². The molecule has 5 nitrogen and oxygen atoms in total. The van der Waals surface area contributed by atoms with Gasteiger partial charge in [-0.2, -0.15) is 0 Å². The molecule has 2 aliphatic heterocycles. The normalized spacial score (nSPS) is 23.2. The second-order valence-corrected chi connectivity index (χ2v) is 7.84. The molecule has 25 heavy (non-hydrogen) atoms. The first-order valence-electron chi connectivity index (χ1n) is 8.92. The van der Waals surface area contributed by atoms with Crippen molar-refractivity contribution >= 4 is 16.5 Å². The number of thiazole rings is 1. The number of hydrogen-bond acceptors (Lipinski definition) is 6. The maximum Gasteiger partial charge on any atom is 0.185 e.